The monoisotopic (exact) mass is 330 g/mol. The fourth-order valence-electron chi connectivity index (χ4n) is 2.69. The molecule has 2 N–H and O–H groups in total. The molecule has 2 heterocycles. The average molecular weight is 331 g/mol. The van der Waals surface area contributed by atoms with Crippen LogP contribution in [0.4, 0.5) is 5.69 Å². The van der Waals surface area contributed by atoms with Crippen LogP contribution in [0.2, 0.25) is 5.02 Å². The Kier molecular flexibility index (Phi) is 4.72. The van der Waals surface area contributed by atoms with Crippen LogP contribution in [0, 0.1) is 0 Å². The number of carbonyl (C=O) groups excluding carboxylic acids is 1. The summed E-state index contributed by atoms with van der Waals surface area (Å²) in [5, 5.41) is 0.541. The maximum absolute atomic E-state index is 12.1. The number of nitrogen functional groups attached to an aromatic ring is 1. The molecule has 3 rings (SSSR count). The molecule has 4 nitrogen and oxygen atoms in total. The van der Waals surface area contributed by atoms with E-state index < -0.39 is 0 Å². The maximum Gasteiger partial charge on any atom is 0.246 e. The molecule has 0 spiro atoms. The van der Waals surface area contributed by atoms with Gasteiger partial charge in [0.1, 0.15) is 11.5 Å². The highest BCUT2D eigenvalue weighted by molar-refractivity contribution is 6.33. The molecule has 2 aromatic rings. The lowest BCUT2D eigenvalue weighted by atomic mass is 10.1. The van der Waals surface area contributed by atoms with E-state index in [-0.39, 0.29) is 5.91 Å². The van der Waals surface area contributed by atoms with Crippen molar-refractivity contribution in [3.05, 3.63) is 47.2 Å². The second-order valence-electron chi connectivity index (χ2n) is 5.66. The van der Waals surface area contributed by atoms with Crippen molar-refractivity contribution in [3.8, 4) is 11.3 Å². The van der Waals surface area contributed by atoms with E-state index >= 15 is 0 Å². The quantitative estimate of drug-likeness (QED) is 0.677. The number of halogens is 1. The summed E-state index contributed by atoms with van der Waals surface area (Å²) in [4.78, 5) is 14.0. The summed E-state index contributed by atoms with van der Waals surface area (Å²) >= 11 is 6.18. The third-order valence-electron chi connectivity index (χ3n) is 3.94. The standard InChI is InChI=1S/C18H19ClN2O2/c19-16-12-13(20)4-7-15(16)17-8-5-14(23-17)6-9-18(22)21-10-2-1-3-11-21/h4-9,12H,1-3,10-11,20H2/b9-6+. The summed E-state index contributed by atoms with van der Waals surface area (Å²) in [5.41, 5.74) is 7.08. The number of carbonyl (C=O) groups is 1. The Morgan fingerprint density at radius 2 is 1.96 bits per heavy atom. The fourth-order valence-corrected chi connectivity index (χ4v) is 2.97. The number of amides is 1. The molecule has 0 radical (unpaired) electrons. The second kappa shape index (κ2) is 6.92. The molecule has 1 fully saturated rings. The van der Waals surface area contributed by atoms with Gasteiger partial charge in [0.05, 0.1) is 5.02 Å². The minimum absolute atomic E-state index is 0.0353. The van der Waals surface area contributed by atoms with E-state index in [2.05, 4.69) is 0 Å². The molecular formula is C18H19ClN2O2. The SMILES string of the molecule is Nc1ccc(-c2ccc(/C=C/C(=O)N3CCCCC3)o2)c(Cl)c1. The molecule has 1 saturated heterocycles. The Bertz CT molecular complexity index is 730. The molecule has 0 bridgehead atoms. The van der Waals surface area contributed by atoms with Crippen molar-refractivity contribution in [2.75, 3.05) is 18.8 Å². The summed E-state index contributed by atoms with van der Waals surface area (Å²) in [6.45, 7) is 1.68. The Labute approximate surface area is 140 Å². The molecule has 1 amide bonds. The van der Waals surface area contributed by atoms with E-state index in [1.807, 2.05) is 23.1 Å². The predicted molar refractivity (Wildman–Crippen MR) is 93.0 cm³/mol. The minimum atomic E-state index is 0.0353. The Balaban J connectivity index is 1.71. The van der Waals surface area contributed by atoms with E-state index in [4.69, 9.17) is 21.8 Å². The number of likely N-dealkylation sites (tertiary alicyclic amines) is 1. The molecule has 0 saturated carbocycles. The molecule has 120 valence electrons. The summed E-state index contributed by atoms with van der Waals surface area (Å²) in [7, 11) is 0. The number of benzene rings is 1. The molecule has 1 aliphatic heterocycles. The van der Waals surface area contributed by atoms with Crippen molar-refractivity contribution in [1.82, 2.24) is 4.90 Å². The van der Waals surface area contributed by atoms with Crippen molar-refractivity contribution in [2.24, 2.45) is 0 Å². The van der Waals surface area contributed by atoms with E-state index in [1.54, 1.807) is 24.3 Å². The molecule has 1 aromatic heterocycles. The lowest BCUT2D eigenvalue weighted by Gasteiger charge is -2.25. The van der Waals surface area contributed by atoms with Crippen LogP contribution < -0.4 is 5.73 Å². The van der Waals surface area contributed by atoms with E-state index in [9.17, 15) is 4.79 Å². The van der Waals surface area contributed by atoms with Gasteiger partial charge < -0.3 is 15.1 Å². The first-order valence-corrected chi connectivity index (χ1v) is 8.13. The van der Waals surface area contributed by atoms with Crippen molar-refractivity contribution in [3.63, 3.8) is 0 Å². The lowest BCUT2D eigenvalue weighted by molar-refractivity contribution is -0.126. The molecule has 23 heavy (non-hydrogen) atoms. The lowest BCUT2D eigenvalue weighted by Crippen LogP contribution is -2.34. The first kappa shape index (κ1) is 15.7. The predicted octanol–water partition coefficient (Wildman–Crippen LogP) is 4.21. The molecule has 5 heteroatoms. The maximum atomic E-state index is 12.1. The van der Waals surface area contributed by atoms with Crippen LogP contribution in [-0.4, -0.2) is 23.9 Å². The van der Waals surface area contributed by atoms with Crippen LogP contribution in [0.15, 0.2) is 40.8 Å². The number of nitrogens with zero attached hydrogens (tertiary/aromatic N) is 1. The highest BCUT2D eigenvalue weighted by Gasteiger charge is 2.14. The van der Waals surface area contributed by atoms with Crippen molar-refractivity contribution in [2.45, 2.75) is 19.3 Å². The minimum Gasteiger partial charge on any atom is -0.457 e. The van der Waals surface area contributed by atoms with Gasteiger partial charge in [-0.15, -0.1) is 0 Å². The van der Waals surface area contributed by atoms with Gasteiger partial charge in [0.15, 0.2) is 0 Å². The van der Waals surface area contributed by atoms with Crippen LogP contribution in [-0.2, 0) is 4.79 Å². The van der Waals surface area contributed by atoms with Crippen molar-refractivity contribution >= 4 is 29.3 Å². The highest BCUT2D eigenvalue weighted by atomic mass is 35.5. The Hall–Kier alpha value is -2.20. The summed E-state index contributed by atoms with van der Waals surface area (Å²) in [5.74, 6) is 1.31. The number of nitrogens with two attached hydrogens (primary N) is 1. The Morgan fingerprint density at radius 3 is 2.70 bits per heavy atom. The van der Waals surface area contributed by atoms with Crippen LogP contribution in [0.1, 0.15) is 25.0 Å². The normalized spacial score (nSPS) is 15.3. The third-order valence-corrected chi connectivity index (χ3v) is 4.26. The number of hydrogen-bond acceptors (Lipinski definition) is 3. The van der Waals surface area contributed by atoms with Crippen molar-refractivity contribution < 1.29 is 9.21 Å². The number of hydrogen-bond donors (Lipinski definition) is 1. The van der Waals surface area contributed by atoms with Gasteiger partial charge in [0.25, 0.3) is 0 Å². The molecule has 0 aliphatic carbocycles. The molecule has 0 atom stereocenters. The van der Waals surface area contributed by atoms with E-state index in [0.717, 1.165) is 31.5 Å². The first-order valence-electron chi connectivity index (χ1n) is 7.76. The molecule has 0 unspecified atom stereocenters. The smallest absolute Gasteiger partial charge is 0.246 e. The average Bonchev–Trinajstić information content (AvgIpc) is 3.02. The van der Waals surface area contributed by atoms with Crippen LogP contribution in [0.25, 0.3) is 17.4 Å². The third kappa shape index (κ3) is 3.77. The van der Waals surface area contributed by atoms with Crippen LogP contribution in [0.3, 0.4) is 0 Å². The second-order valence-corrected chi connectivity index (χ2v) is 6.07. The van der Waals surface area contributed by atoms with E-state index in [1.165, 1.54) is 6.42 Å². The van der Waals surface area contributed by atoms with E-state index in [0.29, 0.717) is 22.2 Å². The first-order chi connectivity index (χ1) is 11.1. The largest absolute Gasteiger partial charge is 0.457 e. The van der Waals surface area contributed by atoms with Gasteiger partial charge in [-0.2, -0.15) is 0 Å². The van der Waals surface area contributed by atoms with Gasteiger partial charge in [0.2, 0.25) is 5.91 Å². The Morgan fingerprint density at radius 1 is 1.17 bits per heavy atom. The van der Waals surface area contributed by atoms with Crippen LogP contribution >= 0.6 is 11.6 Å². The molecular weight excluding hydrogens is 312 g/mol. The number of rotatable bonds is 3. The molecule has 1 aromatic carbocycles. The summed E-state index contributed by atoms with van der Waals surface area (Å²) < 4.78 is 5.75. The van der Waals surface area contributed by atoms with Crippen molar-refractivity contribution in [1.29, 1.82) is 0 Å². The number of anilines is 1. The number of piperidine rings is 1. The van der Waals surface area contributed by atoms with Gasteiger partial charge in [-0.1, -0.05) is 11.6 Å². The topological polar surface area (TPSA) is 59.5 Å². The van der Waals surface area contributed by atoms with Gasteiger partial charge in [0, 0.05) is 30.4 Å². The van der Waals surface area contributed by atoms with Gasteiger partial charge >= 0.3 is 0 Å². The van der Waals surface area contributed by atoms with Gasteiger partial charge in [-0.05, 0) is 55.7 Å². The summed E-state index contributed by atoms with van der Waals surface area (Å²) in [6, 6.07) is 8.95. The number of furan rings is 1. The van der Waals surface area contributed by atoms with Crippen LogP contribution in [0.5, 0.6) is 0 Å². The zero-order valence-corrected chi connectivity index (χ0v) is 13.6. The highest BCUT2D eigenvalue weighted by Crippen LogP contribution is 2.31. The zero-order valence-electron chi connectivity index (χ0n) is 12.8. The van der Waals surface area contributed by atoms with Gasteiger partial charge in [-0.3, -0.25) is 4.79 Å². The van der Waals surface area contributed by atoms with Gasteiger partial charge in [-0.25, -0.2) is 0 Å². The summed E-state index contributed by atoms with van der Waals surface area (Å²) in [6.07, 6.45) is 6.64. The fraction of sp³-hybridized carbons (Fsp3) is 0.278. The zero-order chi connectivity index (χ0) is 16.2. The molecule has 1 aliphatic rings.